The molecule has 2 aromatic carbocycles. The number of nitrogens with one attached hydrogen (secondary N) is 2. The summed E-state index contributed by atoms with van der Waals surface area (Å²) < 4.78 is 4.57. The number of carbonyl (C=O) groups is 1. The van der Waals surface area contributed by atoms with Crippen molar-refractivity contribution >= 4 is 51.7 Å². The van der Waals surface area contributed by atoms with Gasteiger partial charge in [0.15, 0.2) is 5.11 Å². The molecular weight excluding hydrogens is 500 g/mol. The van der Waals surface area contributed by atoms with Crippen LogP contribution in [0.25, 0.3) is 10.4 Å². The Morgan fingerprint density at radius 1 is 1.17 bits per heavy atom. The Balaban J connectivity index is 1.72. The van der Waals surface area contributed by atoms with E-state index in [-0.39, 0.29) is 21.8 Å². The van der Waals surface area contributed by atoms with Gasteiger partial charge in [-0.25, -0.2) is 4.79 Å². The van der Waals surface area contributed by atoms with Crippen LogP contribution in [0.3, 0.4) is 0 Å². The van der Waals surface area contributed by atoms with Gasteiger partial charge in [0.2, 0.25) is 0 Å². The highest BCUT2D eigenvalue weighted by Crippen LogP contribution is 2.39. The number of nitro benzene ring substituents is 1. The molecule has 0 fully saturated rings. The van der Waals surface area contributed by atoms with E-state index in [2.05, 4.69) is 53.5 Å². The van der Waals surface area contributed by atoms with E-state index in [1.807, 2.05) is 17.5 Å². The molecule has 0 aliphatic rings. The summed E-state index contributed by atoms with van der Waals surface area (Å²) in [4.78, 5) is 23.1. The number of aromatic hydroxyl groups is 1. The van der Waals surface area contributed by atoms with Crippen LogP contribution in [-0.2, 0) is 10.2 Å². The normalized spacial score (nSPS) is 11.6. The Hall–Kier alpha value is -3.83. The second kappa shape index (κ2) is 10.8. The van der Waals surface area contributed by atoms with Crippen LogP contribution in [-0.4, -0.2) is 33.9 Å². The minimum atomic E-state index is -0.811. The number of anilines is 1. The number of hydrazone groups is 1. The monoisotopic (exact) mass is 526 g/mol. The molecule has 0 unspecified atom stereocenters. The van der Waals surface area contributed by atoms with E-state index in [1.165, 1.54) is 35.1 Å². The second-order valence-corrected chi connectivity index (χ2v) is 10.2. The molecule has 1 heterocycles. The fourth-order valence-electron chi connectivity index (χ4n) is 3.33. The zero-order valence-electron chi connectivity index (χ0n) is 20.4. The number of rotatable bonds is 6. The van der Waals surface area contributed by atoms with Crippen molar-refractivity contribution in [1.29, 1.82) is 0 Å². The van der Waals surface area contributed by atoms with E-state index >= 15 is 0 Å². The van der Waals surface area contributed by atoms with Crippen molar-refractivity contribution in [2.75, 3.05) is 12.4 Å². The molecule has 3 aromatic rings. The number of esters is 1. The second-order valence-electron chi connectivity index (χ2n) is 8.90. The zero-order chi connectivity index (χ0) is 26.6. The van der Waals surface area contributed by atoms with Crippen molar-refractivity contribution in [3.63, 3.8) is 0 Å². The maximum atomic E-state index is 11.7. The lowest BCUT2D eigenvalue weighted by Gasteiger charge is -2.19. The van der Waals surface area contributed by atoms with Gasteiger partial charge in [0.1, 0.15) is 11.3 Å². The maximum Gasteiger partial charge on any atom is 0.344 e. The predicted octanol–water partition coefficient (Wildman–Crippen LogP) is 5.82. The number of nitro groups is 1. The van der Waals surface area contributed by atoms with Crippen molar-refractivity contribution in [2.24, 2.45) is 5.10 Å². The zero-order valence-corrected chi connectivity index (χ0v) is 22.0. The summed E-state index contributed by atoms with van der Waals surface area (Å²) in [6, 6.07) is 12.0. The molecule has 11 heteroatoms. The van der Waals surface area contributed by atoms with Crippen LogP contribution in [0.5, 0.6) is 5.75 Å². The summed E-state index contributed by atoms with van der Waals surface area (Å²) in [5.74, 6) is -0.686. The molecule has 1 aromatic heterocycles. The summed E-state index contributed by atoms with van der Waals surface area (Å²) in [5.41, 5.74) is 5.58. The number of carbonyl (C=O) groups excluding carboxylic acids is 1. The Bertz CT molecular complexity index is 1340. The van der Waals surface area contributed by atoms with Crippen LogP contribution in [0.1, 0.15) is 49.2 Å². The Morgan fingerprint density at radius 2 is 1.83 bits per heavy atom. The standard InChI is InChI=1S/C25H26N4O5S2/c1-14(19-13-36-22(21(19)30)15-6-8-16(9-7-15)25(2,3)4)27-28-24(35)26-17-10-11-18(23(31)34-5)20(12-17)29(32)33/h6-13,30H,1-5H3,(H2,26,28,35). The van der Waals surface area contributed by atoms with Crippen LogP contribution in [0, 0.1) is 10.1 Å². The minimum Gasteiger partial charge on any atom is -0.506 e. The molecule has 0 radical (unpaired) electrons. The topological polar surface area (TPSA) is 126 Å². The molecule has 188 valence electrons. The molecule has 0 atom stereocenters. The smallest absolute Gasteiger partial charge is 0.344 e. The van der Waals surface area contributed by atoms with Gasteiger partial charge in [0.05, 0.1) is 28.2 Å². The van der Waals surface area contributed by atoms with Gasteiger partial charge in [-0.2, -0.15) is 5.10 Å². The lowest BCUT2D eigenvalue weighted by molar-refractivity contribution is -0.385. The third-order valence-corrected chi connectivity index (χ3v) is 6.56. The van der Waals surface area contributed by atoms with E-state index in [4.69, 9.17) is 12.2 Å². The van der Waals surface area contributed by atoms with Crippen LogP contribution >= 0.6 is 23.6 Å². The van der Waals surface area contributed by atoms with Crippen LogP contribution in [0.15, 0.2) is 52.9 Å². The number of benzene rings is 2. The van der Waals surface area contributed by atoms with Gasteiger partial charge in [-0.3, -0.25) is 15.5 Å². The highest BCUT2D eigenvalue weighted by Gasteiger charge is 2.22. The van der Waals surface area contributed by atoms with Crippen molar-refractivity contribution in [2.45, 2.75) is 33.1 Å². The van der Waals surface area contributed by atoms with Gasteiger partial charge < -0.3 is 15.2 Å². The summed E-state index contributed by atoms with van der Waals surface area (Å²) in [6.07, 6.45) is 0. The molecule has 9 nitrogen and oxygen atoms in total. The molecule has 0 aliphatic heterocycles. The third kappa shape index (κ3) is 6.04. The Labute approximate surface area is 218 Å². The van der Waals surface area contributed by atoms with Crippen molar-refractivity contribution in [3.8, 4) is 16.2 Å². The average Bonchev–Trinajstić information content (AvgIpc) is 3.22. The fraction of sp³-hybridized carbons (Fsp3) is 0.240. The maximum absolute atomic E-state index is 11.7. The van der Waals surface area contributed by atoms with E-state index < -0.39 is 16.6 Å². The molecule has 0 aliphatic carbocycles. The summed E-state index contributed by atoms with van der Waals surface area (Å²) >= 11 is 6.64. The van der Waals surface area contributed by atoms with Gasteiger partial charge in [0, 0.05) is 17.1 Å². The highest BCUT2D eigenvalue weighted by atomic mass is 32.1. The summed E-state index contributed by atoms with van der Waals surface area (Å²) in [5, 5.41) is 31.0. The average molecular weight is 527 g/mol. The first-order valence-electron chi connectivity index (χ1n) is 10.8. The van der Waals surface area contributed by atoms with Gasteiger partial charge in [-0.05, 0) is 47.8 Å². The number of thiocarbonyl (C=S) groups is 1. The number of thiophene rings is 1. The molecule has 0 spiro atoms. The molecule has 0 amide bonds. The first-order chi connectivity index (χ1) is 16.9. The minimum absolute atomic E-state index is 0.0386. The van der Waals surface area contributed by atoms with E-state index in [0.717, 1.165) is 17.6 Å². The molecule has 0 saturated carbocycles. The molecule has 0 bridgehead atoms. The van der Waals surface area contributed by atoms with Crippen molar-refractivity contribution < 1.29 is 19.6 Å². The Kier molecular flexibility index (Phi) is 8.06. The van der Waals surface area contributed by atoms with E-state index in [1.54, 1.807) is 6.92 Å². The van der Waals surface area contributed by atoms with Gasteiger partial charge >= 0.3 is 5.97 Å². The number of nitrogens with zero attached hydrogens (tertiary/aromatic N) is 2. The predicted molar refractivity (Wildman–Crippen MR) is 146 cm³/mol. The quantitative estimate of drug-likeness (QED) is 0.121. The van der Waals surface area contributed by atoms with Gasteiger partial charge in [-0.15, -0.1) is 11.3 Å². The summed E-state index contributed by atoms with van der Waals surface area (Å²) in [7, 11) is 1.15. The number of methoxy groups -OCH3 is 1. The number of ether oxygens (including phenoxy) is 1. The SMILES string of the molecule is COC(=O)c1ccc(NC(=S)NN=C(C)c2csc(-c3ccc(C(C)(C)C)cc3)c2O)cc1[N+](=O)[O-]. The van der Waals surface area contributed by atoms with Crippen LogP contribution in [0.4, 0.5) is 11.4 Å². The van der Waals surface area contributed by atoms with Crippen LogP contribution in [0.2, 0.25) is 0 Å². The third-order valence-electron chi connectivity index (χ3n) is 5.35. The molecule has 3 N–H and O–H groups in total. The van der Waals surface area contributed by atoms with Gasteiger partial charge in [0.25, 0.3) is 5.69 Å². The van der Waals surface area contributed by atoms with E-state index in [9.17, 15) is 20.0 Å². The first kappa shape index (κ1) is 26.8. The largest absolute Gasteiger partial charge is 0.506 e. The molecular formula is C25H26N4O5S2. The van der Waals surface area contributed by atoms with Crippen molar-refractivity contribution in [1.82, 2.24) is 5.43 Å². The lowest BCUT2D eigenvalue weighted by Crippen LogP contribution is -2.25. The molecule has 0 saturated heterocycles. The highest BCUT2D eigenvalue weighted by molar-refractivity contribution is 7.80. The Morgan fingerprint density at radius 3 is 2.42 bits per heavy atom. The molecule has 36 heavy (non-hydrogen) atoms. The van der Waals surface area contributed by atoms with Gasteiger partial charge in [-0.1, -0.05) is 45.0 Å². The first-order valence-corrected chi connectivity index (χ1v) is 12.1. The lowest BCUT2D eigenvalue weighted by atomic mass is 9.86. The summed E-state index contributed by atoms with van der Waals surface area (Å²) in [6.45, 7) is 8.16. The molecule has 3 rings (SSSR count). The van der Waals surface area contributed by atoms with E-state index in [0.29, 0.717) is 17.0 Å². The van der Waals surface area contributed by atoms with Crippen LogP contribution < -0.4 is 10.7 Å². The fourth-order valence-corrected chi connectivity index (χ4v) is 4.51. The van der Waals surface area contributed by atoms with Crippen molar-refractivity contribution in [3.05, 3.63) is 74.6 Å². The number of hydrogen-bond donors (Lipinski definition) is 3. The number of hydrogen-bond acceptors (Lipinski definition) is 8.